The number of carbonyl (C=O) groups excluding carboxylic acids is 1. The normalized spacial score (nSPS) is 17.4. The summed E-state index contributed by atoms with van der Waals surface area (Å²) in [6, 6.07) is 8.70. The summed E-state index contributed by atoms with van der Waals surface area (Å²) in [4.78, 5) is 33.4. The molecule has 240 valence electrons. The molecule has 1 saturated heterocycles. The van der Waals surface area contributed by atoms with Crippen LogP contribution in [0, 0.1) is 0 Å². The summed E-state index contributed by atoms with van der Waals surface area (Å²) in [6.45, 7) is 6.84. The quantitative estimate of drug-likeness (QED) is 0.191. The van der Waals surface area contributed by atoms with Gasteiger partial charge >= 0.3 is 12.1 Å². The third kappa shape index (κ3) is 7.02. The minimum absolute atomic E-state index is 0.0430. The highest BCUT2D eigenvalue weighted by atomic mass is 19.4. The van der Waals surface area contributed by atoms with Crippen LogP contribution in [0.5, 0.6) is 0 Å². The molecule has 2 aliphatic rings. The predicted molar refractivity (Wildman–Crippen MR) is 162 cm³/mol. The van der Waals surface area contributed by atoms with Gasteiger partial charge in [-0.15, -0.1) is 0 Å². The summed E-state index contributed by atoms with van der Waals surface area (Å²) in [6.07, 6.45) is 4.42. The number of hydrogen-bond donors (Lipinski definition) is 4. The lowest BCUT2D eigenvalue weighted by atomic mass is 9.83. The Morgan fingerprint density at radius 3 is 2.53 bits per heavy atom. The zero-order chi connectivity index (χ0) is 32.3. The number of anilines is 3. The summed E-state index contributed by atoms with van der Waals surface area (Å²) in [5.74, 6) is -1.18. The minimum atomic E-state index is -5.08. The van der Waals surface area contributed by atoms with E-state index in [1.54, 1.807) is 0 Å². The van der Waals surface area contributed by atoms with Gasteiger partial charge in [0, 0.05) is 48.4 Å². The molecule has 0 saturated carbocycles. The number of nitrogens with zero attached hydrogens (tertiary/aromatic N) is 6. The minimum Gasteiger partial charge on any atom is -0.475 e. The van der Waals surface area contributed by atoms with E-state index in [-0.39, 0.29) is 18.0 Å². The number of carboxylic acid groups (broad SMARTS) is 1. The zero-order valence-electron chi connectivity index (χ0n) is 25.2. The molecule has 0 radical (unpaired) electrons. The van der Waals surface area contributed by atoms with Gasteiger partial charge in [-0.2, -0.15) is 33.3 Å². The highest BCUT2D eigenvalue weighted by molar-refractivity contribution is 5.90. The van der Waals surface area contributed by atoms with Gasteiger partial charge in [0.15, 0.2) is 5.65 Å². The number of carbonyl (C=O) groups is 2. The van der Waals surface area contributed by atoms with E-state index in [9.17, 15) is 18.0 Å². The molecule has 45 heavy (non-hydrogen) atoms. The number of aromatic nitrogens is 6. The fourth-order valence-corrected chi connectivity index (χ4v) is 5.78. The van der Waals surface area contributed by atoms with Crippen molar-refractivity contribution in [1.29, 1.82) is 0 Å². The second-order valence-electron chi connectivity index (χ2n) is 11.5. The molecule has 1 aromatic carbocycles. The monoisotopic (exact) mass is 627 g/mol. The topological polar surface area (TPSA) is 154 Å². The van der Waals surface area contributed by atoms with E-state index in [4.69, 9.17) is 19.9 Å². The Labute approximate surface area is 257 Å². The fraction of sp³-hybridized carbons (Fsp3) is 0.467. The van der Waals surface area contributed by atoms with Crippen LogP contribution in [0.2, 0.25) is 0 Å². The van der Waals surface area contributed by atoms with Crippen molar-refractivity contribution < 1.29 is 27.9 Å². The Morgan fingerprint density at radius 2 is 1.87 bits per heavy atom. The van der Waals surface area contributed by atoms with Crippen LogP contribution in [-0.4, -0.2) is 59.1 Å². The molecule has 2 bridgehead atoms. The largest absolute Gasteiger partial charge is 0.490 e. The van der Waals surface area contributed by atoms with E-state index in [2.05, 4.69) is 44.7 Å². The van der Waals surface area contributed by atoms with Crippen molar-refractivity contribution in [3.05, 3.63) is 53.5 Å². The second-order valence-corrected chi connectivity index (χ2v) is 11.5. The van der Waals surface area contributed by atoms with E-state index >= 15 is 0 Å². The Kier molecular flexibility index (Phi) is 9.25. The summed E-state index contributed by atoms with van der Waals surface area (Å²) in [5.41, 5.74) is 5.27. The molecule has 12 nitrogen and oxygen atoms in total. The van der Waals surface area contributed by atoms with E-state index in [0.29, 0.717) is 19.0 Å². The maximum Gasteiger partial charge on any atom is 0.490 e. The van der Waals surface area contributed by atoms with Crippen molar-refractivity contribution in [2.45, 2.75) is 90.1 Å². The maximum absolute atomic E-state index is 11.9. The first-order chi connectivity index (χ1) is 21.5. The van der Waals surface area contributed by atoms with Gasteiger partial charge in [-0.05, 0) is 57.2 Å². The number of H-pyrrole nitrogens is 1. The number of benzene rings is 1. The molecule has 3 aromatic heterocycles. The summed E-state index contributed by atoms with van der Waals surface area (Å²) >= 11 is 0. The molecule has 1 fully saturated rings. The van der Waals surface area contributed by atoms with Crippen LogP contribution in [-0.2, 0) is 22.6 Å². The van der Waals surface area contributed by atoms with E-state index in [0.717, 1.165) is 59.7 Å². The smallest absolute Gasteiger partial charge is 0.475 e. The number of fused-ring (bicyclic) bond motifs is 5. The summed E-state index contributed by atoms with van der Waals surface area (Å²) < 4.78 is 33.7. The number of carboxylic acids is 1. The lowest BCUT2D eigenvalue weighted by Gasteiger charge is -2.45. The average Bonchev–Trinajstić information content (AvgIpc) is 3.63. The standard InChI is InChI=1S/C28H35N9O.C2HF3O2/c1-4-6-25(38)32-19-11-9-18(10-12-19)14-29-26-22-16-31-37(17(2)3)27(22)34-28(33-26)36-20-7-5-8-24(36)21-15-30-35-23(21)13-20;3-2(4,5)1(6)7/h9-12,15-17,20,24H,4-8,13-14H2,1-3H3,(H,30,35)(H,32,38)(H,29,33,34);(H,6,7). The molecular weight excluding hydrogens is 591 g/mol. The van der Waals surface area contributed by atoms with Crippen LogP contribution in [0.3, 0.4) is 0 Å². The average molecular weight is 628 g/mol. The first-order valence-electron chi connectivity index (χ1n) is 14.9. The lowest BCUT2D eigenvalue weighted by Crippen LogP contribution is -2.47. The molecule has 15 heteroatoms. The van der Waals surface area contributed by atoms with Gasteiger partial charge in [0.1, 0.15) is 5.82 Å². The Bertz CT molecular complexity index is 1650. The molecule has 5 heterocycles. The van der Waals surface area contributed by atoms with Gasteiger partial charge in [0.2, 0.25) is 11.9 Å². The third-order valence-electron chi connectivity index (χ3n) is 7.87. The Morgan fingerprint density at radius 1 is 1.13 bits per heavy atom. The van der Waals surface area contributed by atoms with Crippen molar-refractivity contribution in [2.75, 3.05) is 15.5 Å². The number of aliphatic carboxylic acids is 1. The number of hydrogen-bond acceptors (Lipinski definition) is 8. The van der Waals surface area contributed by atoms with Gasteiger partial charge in [-0.1, -0.05) is 19.1 Å². The SMILES string of the molecule is CCCC(=O)Nc1ccc(CNc2nc(N3C4CCCC3c3cn[nH]c3C4)nc3c2cnn3C(C)C)cc1.O=C(O)C(F)(F)F. The van der Waals surface area contributed by atoms with Crippen LogP contribution in [0.25, 0.3) is 11.0 Å². The van der Waals surface area contributed by atoms with Gasteiger partial charge in [0.25, 0.3) is 0 Å². The van der Waals surface area contributed by atoms with Gasteiger partial charge in [0.05, 0.1) is 23.8 Å². The highest BCUT2D eigenvalue weighted by Crippen LogP contribution is 2.43. The zero-order valence-corrected chi connectivity index (χ0v) is 25.2. The number of piperidine rings is 1. The van der Waals surface area contributed by atoms with Crippen LogP contribution >= 0.6 is 0 Å². The van der Waals surface area contributed by atoms with Crippen molar-refractivity contribution in [3.8, 4) is 0 Å². The van der Waals surface area contributed by atoms with Gasteiger partial charge < -0.3 is 20.6 Å². The number of aromatic amines is 1. The molecular formula is C30H36F3N9O3. The third-order valence-corrected chi connectivity index (χ3v) is 7.87. The van der Waals surface area contributed by atoms with Crippen molar-refractivity contribution in [3.63, 3.8) is 0 Å². The van der Waals surface area contributed by atoms with Crippen LogP contribution < -0.4 is 15.5 Å². The molecule has 0 aliphatic carbocycles. The summed E-state index contributed by atoms with van der Waals surface area (Å²) in [7, 11) is 0. The highest BCUT2D eigenvalue weighted by Gasteiger charge is 2.40. The number of nitrogens with one attached hydrogen (secondary N) is 3. The molecule has 4 N–H and O–H groups in total. The molecule has 2 atom stereocenters. The molecule has 1 amide bonds. The first-order valence-corrected chi connectivity index (χ1v) is 14.9. The van der Waals surface area contributed by atoms with E-state index in [1.165, 1.54) is 17.7 Å². The van der Waals surface area contributed by atoms with Gasteiger partial charge in [-0.3, -0.25) is 9.89 Å². The summed E-state index contributed by atoms with van der Waals surface area (Å²) in [5, 5.41) is 26.7. The molecule has 2 unspecified atom stereocenters. The van der Waals surface area contributed by atoms with Crippen LogP contribution in [0.1, 0.15) is 81.8 Å². The fourth-order valence-electron chi connectivity index (χ4n) is 5.78. The first kappa shape index (κ1) is 31.7. The Balaban J connectivity index is 0.000000515. The Hall–Kier alpha value is -4.69. The van der Waals surface area contributed by atoms with Crippen LogP contribution in [0.15, 0.2) is 36.7 Å². The van der Waals surface area contributed by atoms with Crippen molar-refractivity contribution in [2.24, 2.45) is 0 Å². The number of alkyl halides is 3. The number of rotatable bonds is 8. The lowest BCUT2D eigenvalue weighted by molar-refractivity contribution is -0.192. The second kappa shape index (κ2) is 13.1. The molecule has 0 spiro atoms. The number of halogens is 3. The number of amides is 1. The molecule has 4 aromatic rings. The van der Waals surface area contributed by atoms with Crippen molar-refractivity contribution in [1.82, 2.24) is 29.9 Å². The maximum atomic E-state index is 11.9. The van der Waals surface area contributed by atoms with E-state index < -0.39 is 12.1 Å². The van der Waals surface area contributed by atoms with Crippen molar-refractivity contribution >= 4 is 40.4 Å². The molecule has 6 rings (SSSR count). The predicted octanol–water partition coefficient (Wildman–Crippen LogP) is 5.77. The van der Waals surface area contributed by atoms with Crippen LogP contribution in [0.4, 0.5) is 30.6 Å². The van der Waals surface area contributed by atoms with Gasteiger partial charge in [-0.25, -0.2) is 9.48 Å². The molecule has 2 aliphatic heterocycles. The van der Waals surface area contributed by atoms with E-state index in [1.807, 2.05) is 48.3 Å².